The fourth-order valence-electron chi connectivity index (χ4n) is 2.40. The van der Waals surface area contributed by atoms with Crippen LogP contribution in [0.1, 0.15) is 11.4 Å². The van der Waals surface area contributed by atoms with Gasteiger partial charge in [0.05, 0.1) is 17.6 Å². The summed E-state index contributed by atoms with van der Waals surface area (Å²) >= 11 is 8.14. The number of rotatable bonds is 4. The van der Waals surface area contributed by atoms with Gasteiger partial charge in [-0.05, 0) is 46.9 Å². The van der Waals surface area contributed by atoms with E-state index in [4.69, 9.17) is 11.6 Å². The van der Waals surface area contributed by atoms with Crippen molar-refractivity contribution < 1.29 is 4.39 Å². The minimum absolute atomic E-state index is 0.193. The summed E-state index contributed by atoms with van der Waals surface area (Å²) in [4.78, 5) is 4.64. The number of alkyl halides is 1. The Bertz CT molecular complexity index is 785. The van der Waals surface area contributed by atoms with Crippen LogP contribution in [0.5, 0.6) is 0 Å². The Morgan fingerprint density at radius 1 is 1.19 bits per heavy atom. The van der Waals surface area contributed by atoms with Gasteiger partial charge in [-0.15, -0.1) is 11.6 Å². The van der Waals surface area contributed by atoms with Crippen LogP contribution >= 0.6 is 34.2 Å². The Labute approximate surface area is 141 Å². The van der Waals surface area contributed by atoms with Gasteiger partial charge in [-0.3, -0.25) is 0 Å². The Kier molecular flexibility index (Phi) is 4.45. The van der Waals surface area contributed by atoms with Crippen LogP contribution in [0.25, 0.3) is 11.0 Å². The van der Waals surface area contributed by atoms with E-state index in [1.807, 2.05) is 28.8 Å². The quantitative estimate of drug-likeness (QED) is 0.450. The van der Waals surface area contributed by atoms with Gasteiger partial charge in [0.15, 0.2) is 0 Å². The zero-order valence-electron chi connectivity index (χ0n) is 11.2. The molecule has 0 atom stereocenters. The maximum absolute atomic E-state index is 13.9. The molecule has 0 fully saturated rings. The summed E-state index contributed by atoms with van der Waals surface area (Å²) < 4.78 is 17.1. The van der Waals surface area contributed by atoms with E-state index in [1.54, 1.807) is 12.1 Å². The molecule has 0 spiro atoms. The first kappa shape index (κ1) is 14.8. The van der Waals surface area contributed by atoms with Gasteiger partial charge in [0.25, 0.3) is 0 Å². The fourth-order valence-corrected chi connectivity index (χ4v) is 3.05. The highest BCUT2D eigenvalue weighted by Crippen LogP contribution is 2.21. The van der Waals surface area contributed by atoms with Gasteiger partial charge in [0.1, 0.15) is 11.6 Å². The smallest absolute Gasteiger partial charge is 0.128 e. The van der Waals surface area contributed by atoms with Crippen LogP contribution in [-0.4, -0.2) is 15.4 Å². The van der Waals surface area contributed by atoms with Gasteiger partial charge >= 0.3 is 0 Å². The summed E-state index contributed by atoms with van der Waals surface area (Å²) in [7, 11) is 0. The number of benzene rings is 2. The van der Waals surface area contributed by atoms with E-state index >= 15 is 0 Å². The molecule has 0 amide bonds. The molecule has 1 aromatic heterocycles. The third-order valence-electron chi connectivity index (χ3n) is 3.39. The number of imidazole rings is 1. The molecular weight excluding hydrogens is 402 g/mol. The van der Waals surface area contributed by atoms with Crippen LogP contribution in [0.4, 0.5) is 4.39 Å². The molecule has 2 nitrogen and oxygen atoms in total. The number of hydrogen-bond donors (Lipinski definition) is 0. The van der Waals surface area contributed by atoms with Gasteiger partial charge in [0.2, 0.25) is 0 Å². The second-order valence-corrected chi connectivity index (χ2v) is 6.40. The molecule has 3 rings (SSSR count). The minimum atomic E-state index is -0.193. The van der Waals surface area contributed by atoms with E-state index < -0.39 is 0 Å². The van der Waals surface area contributed by atoms with Gasteiger partial charge in [-0.25, -0.2) is 9.37 Å². The van der Waals surface area contributed by atoms with Gasteiger partial charge in [-0.2, -0.15) is 0 Å². The van der Waals surface area contributed by atoms with Crippen molar-refractivity contribution in [1.82, 2.24) is 9.55 Å². The van der Waals surface area contributed by atoms with Crippen LogP contribution in [0.2, 0.25) is 0 Å². The molecule has 0 N–H and O–H groups in total. The van der Waals surface area contributed by atoms with Gasteiger partial charge < -0.3 is 4.57 Å². The summed E-state index contributed by atoms with van der Waals surface area (Å²) in [5.74, 6) is 1.20. The second kappa shape index (κ2) is 6.32. The van der Waals surface area contributed by atoms with Crippen LogP contribution in [0, 0.1) is 9.39 Å². The van der Waals surface area contributed by atoms with Crippen molar-refractivity contribution in [2.45, 2.75) is 13.0 Å². The topological polar surface area (TPSA) is 17.8 Å². The fraction of sp³-hybridized carbons (Fsp3) is 0.188. The number of nitrogens with zero attached hydrogens (tertiary/aromatic N) is 2. The van der Waals surface area contributed by atoms with Crippen molar-refractivity contribution in [3.8, 4) is 0 Å². The molecule has 21 heavy (non-hydrogen) atoms. The summed E-state index contributed by atoms with van der Waals surface area (Å²) in [6, 6.07) is 12.9. The Hall–Kier alpha value is -1.14. The number of fused-ring (bicyclic) bond motifs is 1. The van der Waals surface area contributed by atoms with Crippen molar-refractivity contribution in [1.29, 1.82) is 0 Å². The molecule has 0 aliphatic heterocycles. The van der Waals surface area contributed by atoms with E-state index in [0.29, 0.717) is 24.4 Å². The summed E-state index contributed by atoms with van der Waals surface area (Å²) in [6.45, 7) is 0.468. The maximum atomic E-state index is 13.9. The largest absolute Gasteiger partial charge is 0.323 e. The molecule has 5 heteroatoms. The monoisotopic (exact) mass is 414 g/mol. The molecule has 0 unspecified atom stereocenters. The lowest BCUT2D eigenvalue weighted by atomic mass is 10.2. The van der Waals surface area contributed by atoms with Gasteiger partial charge in [0, 0.05) is 21.4 Å². The molecule has 0 bridgehead atoms. The van der Waals surface area contributed by atoms with Crippen LogP contribution < -0.4 is 0 Å². The lowest BCUT2D eigenvalue weighted by Gasteiger charge is -2.09. The number of aryl methyl sites for hydroxylation is 1. The van der Waals surface area contributed by atoms with E-state index in [1.165, 1.54) is 6.07 Å². The Morgan fingerprint density at radius 3 is 2.76 bits per heavy atom. The van der Waals surface area contributed by atoms with Crippen molar-refractivity contribution in [3.63, 3.8) is 0 Å². The second-order valence-electron chi connectivity index (χ2n) is 4.78. The number of halogens is 3. The SMILES string of the molecule is Fc1ccccc1Cn1c(CCCl)nc2cc(I)ccc21. The molecule has 0 radical (unpaired) electrons. The first-order valence-electron chi connectivity index (χ1n) is 6.63. The number of aromatic nitrogens is 2. The predicted molar refractivity (Wildman–Crippen MR) is 92.4 cm³/mol. The molecule has 2 aromatic carbocycles. The first-order valence-corrected chi connectivity index (χ1v) is 8.24. The van der Waals surface area contributed by atoms with Crippen LogP contribution in [-0.2, 0) is 13.0 Å². The molecule has 0 aliphatic rings. The lowest BCUT2D eigenvalue weighted by Crippen LogP contribution is -2.07. The third kappa shape index (κ3) is 3.06. The highest BCUT2D eigenvalue weighted by molar-refractivity contribution is 14.1. The van der Waals surface area contributed by atoms with Crippen LogP contribution in [0.3, 0.4) is 0 Å². The number of hydrogen-bond acceptors (Lipinski definition) is 1. The molecule has 0 saturated carbocycles. The molecule has 1 heterocycles. The Morgan fingerprint density at radius 2 is 2.00 bits per heavy atom. The van der Waals surface area contributed by atoms with Crippen molar-refractivity contribution in [3.05, 3.63) is 63.2 Å². The van der Waals surface area contributed by atoms with E-state index in [0.717, 1.165) is 20.4 Å². The van der Waals surface area contributed by atoms with Crippen molar-refractivity contribution in [2.75, 3.05) is 5.88 Å². The molecule has 3 aromatic rings. The molecule has 0 saturated heterocycles. The summed E-state index contributed by atoms with van der Waals surface area (Å²) in [5, 5.41) is 0. The highest BCUT2D eigenvalue weighted by atomic mass is 127. The highest BCUT2D eigenvalue weighted by Gasteiger charge is 2.12. The third-order valence-corrected chi connectivity index (χ3v) is 4.25. The zero-order chi connectivity index (χ0) is 14.8. The van der Waals surface area contributed by atoms with Crippen LogP contribution in [0.15, 0.2) is 42.5 Å². The van der Waals surface area contributed by atoms with Crippen molar-refractivity contribution in [2.24, 2.45) is 0 Å². The normalized spacial score (nSPS) is 11.2. The van der Waals surface area contributed by atoms with Crippen molar-refractivity contribution >= 4 is 45.2 Å². The van der Waals surface area contributed by atoms with E-state index in [2.05, 4.69) is 27.6 Å². The minimum Gasteiger partial charge on any atom is -0.323 e. The Balaban J connectivity index is 2.11. The molecule has 108 valence electrons. The average molecular weight is 415 g/mol. The average Bonchev–Trinajstić information content (AvgIpc) is 2.79. The predicted octanol–water partition coefficient (Wildman–Crippen LogP) is 4.61. The molecule has 0 aliphatic carbocycles. The standard InChI is InChI=1S/C16H13ClFIN2/c17-8-7-16-20-14-9-12(19)5-6-15(14)21(16)10-11-3-1-2-4-13(11)18/h1-6,9H,7-8,10H2. The zero-order valence-corrected chi connectivity index (χ0v) is 14.1. The summed E-state index contributed by atoms with van der Waals surface area (Å²) in [6.07, 6.45) is 0.668. The van der Waals surface area contributed by atoms with E-state index in [9.17, 15) is 4.39 Å². The maximum Gasteiger partial charge on any atom is 0.128 e. The van der Waals surface area contributed by atoms with E-state index in [-0.39, 0.29) is 5.82 Å². The lowest BCUT2D eigenvalue weighted by molar-refractivity contribution is 0.598. The summed E-state index contributed by atoms with van der Waals surface area (Å²) in [5.41, 5.74) is 2.60. The van der Waals surface area contributed by atoms with Gasteiger partial charge in [-0.1, -0.05) is 18.2 Å². The first-order chi connectivity index (χ1) is 10.2. The molecular formula is C16H13ClFIN2.